The van der Waals surface area contributed by atoms with Gasteiger partial charge in [0.2, 0.25) is 0 Å². The van der Waals surface area contributed by atoms with Gasteiger partial charge in [-0.2, -0.15) is 18.0 Å². The third kappa shape index (κ3) is 2.84. The summed E-state index contributed by atoms with van der Waals surface area (Å²) in [6.45, 7) is 0. The van der Waals surface area contributed by atoms with Gasteiger partial charge in [-0.25, -0.2) is 0 Å². The van der Waals surface area contributed by atoms with Crippen LogP contribution in [0.5, 0.6) is 5.75 Å². The fraction of sp³-hybridized carbons (Fsp3) is 0.154. The van der Waals surface area contributed by atoms with Gasteiger partial charge in [-0.15, -0.1) is 0 Å². The van der Waals surface area contributed by atoms with Crippen LogP contribution in [0.25, 0.3) is 10.8 Å². The van der Waals surface area contributed by atoms with Crippen molar-refractivity contribution in [1.82, 2.24) is 4.31 Å². The van der Waals surface area contributed by atoms with Gasteiger partial charge in [0.25, 0.3) is 0 Å². The van der Waals surface area contributed by atoms with Crippen molar-refractivity contribution in [1.29, 1.82) is 5.26 Å². The lowest BCUT2D eigenvalue weighted by Crippen LogP contribution is -2.26. The first-order valence-corrected chi connectivity index (χ1v) is 6.85. The molecule has 0 atom stereocenters. The molecule has 0 heterocycles. The Hall–Kier alpha value is -2.10. The Labute approximate surface area is 111 Å². The average molecular weight is 276 g/mol. The van der Waals surface area contributed by atoms with Gasteiger partial charge in [-0.3, -0.25) is 0 Å². The van der Waals surface area contributed by atoms with Crippen molar-refractivity contribution < 1.29 is 12.6 Å². The predicted molar refractivity (Wildman–Crippen MR) is 71.9 cm³/mol. The van der Waals surface area contributed by atoms with E-state index < -0.39 is 10.3 Å². The Kier molecular flexibility index (Phi) is 3.42. The lowest BCUT2D eigenvalue weighted by atomic mass is 10.1. The number of nitrogens with zero attached hydrogens (tertiary/aromatic N) is 2. The van der Waals surface area contributed by atoms with Crippen LogP contribution in [-0.2, 0) is 10.3 Å². The fourth-order valence-electron chi connectivity index (χ4n) is 1.54. The van der Waals surface area contributed by atoms with E-state index in [1.165, 1.54) is 14.1 Å². The van der Waals surface area contributed by atoms with E-state index in [1.807, 2.05) is 0 Å². The smallest absolute Gasteiger partial charge is 0.371 e. The summed E-state index contributed by atoms with van der Waals surface area (Å²) in [7, 11) is -0.955. The molecule has 6 heteroatoms. The maximum Gasteiger partial charge on any atom is 0.384 e. The molecule has 2 aromatic carbocycles. The standard InChI is InChI=1S/C13H12N2O3S/c1-15(2)19(16,17)18-13-6-5-11-7-10(9-14)3-4-12(11)8-13/h3-8H,1-2H3. The van der Waals surface area contributed by atoms with E-state index in [0.29, 0.717) is 5.56 Å². The summed E-state index contributed by atoms with van der Waals surface area (Å²) in [5.74, 6) is 0.242. The van der Waals surface area contributed by atoms with E-state index in [9.17, 15) is 8.42 Å². The molecule has 0 aromatic heterocycles. The zero-order chi connectivity index (χ0) is 14.0. The summed E-state index contributed by atoms with van der Waals surface area (Å²) in [5.41, 5.74) is 0.557. The van der Waals surface area contributed by atoms with Crippen LogP contribution in [0.2, 0.25) is 0 Å². The predicted octanol–water partition coefficient (Wildman–Crippen LogP) is 1.90. The van der Waals surface area contributed by atoms with Crippen LogP contribution in [0.15, 0.2) is 36.4 Å². The highest BCUT2D eigenvalue weighted by Gasteiger charge is 2.15. The Balaban J connectivity index is 2.41. The van der Waals surface area contributed by atoms with Gasteiger partial charge < -0.3 is 4.18 Å². The van der Waals surface area contributed by atoms with Gasteiger partial charge in [0.1, 0.15) is 5.75 Å². The SMILES string of the molecule is CN(C)S(=O)(=O)Oc1ccc2cc(C#N)ccc2c1. The maximum absolute atomic E-state index is 11.6. The molecule has 0 radical (unpaired) electrons. The molecule has 2 aromatic rings. The normalized spacial score (nSPS) is 11.5. The first kappa shape index (κ1) is 13.3. The summed E-state index contributed by atoms with van der Waals surface area (Å²) in [4.78, 5) is 0. The second-order valence-electron chi connectivity index (χ2n) is 4.16. The van der Waals surface area contributed by atoms with E-state index in [2.05, 4.69) is 6.07 Å². The minimum absolute atomic E-state index is 0.242. The van der Waals surface area contributed by atoms with Crippen molar-refractivity contribution in [2.24, 2.45) is 0 Å². The van der Waals surface area contributed by atoms with Crippen molar-refractivity contribution in [2.45, 2.75) is 0 Å². The lowest BCUT2D eigenvalue weighted by Gasteiger charge is -2.12. The zero-order valence-electron chi connectivity index (χ0n) is 10.5. The molecule has 0 spiro atoms. The number of benzene rings is 2. The van der Waals surface area contributed by atoms with Crippen LogP contribution in [-0.4, -0.2) is 26.8 Å². The average Bonchev–Trinajstić information content (AvgIpc) is 2.37. The summed E-state index contributed by atoms with van der Waals surface area (Å²) in [5, 5.41) is 10.5. The second-order valence-corrected chi connectivity index (χ2v) is 5.91. The molecule has 0 N–H and O–H groups in total. The van der Waals surface area contributed by atoms with Crippen molar-refractivity contribution in [3.05, 3.63) is 42.0 Å². The molecule has 2 rings (SSSR count). The molecule has 0 aliphatic carbocycles. The van der Waals surface area contributed by atoms with Gasteiger partial charge in [0.15, 0.2) is 0 Å². The maximum atomic E-state index is 11.6. The zero-order valence-corrected chi connectivity index (χ0v) is 11.3. The molecule has 0 saturated heterocycles. The van der Waals surface area contributed by atoms with E-state index in [1.54, 1.807) is 36.4 Å². The van der Waals surface area contributed by atoms with Crippen LogP contribution < -0.4 is 4.18 Å². The monoisotopic (exact) mass is 276 g/mol. The van der Waals surface area contributed by atoms with E-state index in [4.69, 9.17) is 9.44 Å². The topological polar surface area (TPSA) is 70.4 Å². The van der Waals surface area contributed by atoms with Crippen molar-refractivity contribution in [2.75, 3.05) is 14.1 Å². The number of nitriles is 1. The molecule has 98 valence electrons. The summed E-state index contributed by atoms with van der Waals surface area (Å²) in [6.07, 6.45) is 0. The van der Waals surface area contributed by atoms with Gasteiger partial charge in [-0.1, -0.05) is 12.1 Å². The lowest BCUT2D eigenvalue weighted by molar-refractivity contribution is 0.421. The number of rotatable bonds is 3. The molecule has 19 heavy (non-hydrogen) atoms. The first-order valence-electron chi connectivity index (χ1n) is 5.48. The van der Waals surface area contributed by atoms with Crippen molar-refractivity contribution in [3.8, 4) is 11.8 Å². The third-order valence-electron chi connectivity index (χ3n) is 2.59. The molecular weight excluding hydrogens is 264 g/mol. The number of hydrogen-bond donors (Lipinski definition) is 0. The summed E-state index contributed by atoms with van der Waals surface area (Å²) in [6, 6.07) is 12.1. The van der Waals surface area contributed by atoms with Crippen LogP contribution in [0, 0.1) is 11.3 Å². The first-order chi connectivity index (χ1) is 8.92. The van der Waals surface area contributed by atoms with Crippen molar-refractivity contribution >= 4 is 21.1 Å². The minimum Gasteiger partial charge on any atom is -0.371 e. The highest BCUT2D eigenvalue weighted by molar-refractivity contribution is 7.84. The van der Waals surface area contributed by atoms with Crippen molar-refractivity contribution in [3.63, 3.8) is 0 Å². The van der Waals surface area contributed by atoms with Crippen LogP contribution >= 0.6 is 0 Å². The molecule has 0 aliphatic heterocycles. The minimum atomic E-state index is -3.75. The van der Waals surface area contributed by atoms with Gasteiger partial charge in [0, 0.05) is 14.1 Å². The van der Waals surface area contributed by atoms with E-state index in [-0.39, 0.29) is 5.75 Å². The molecule has 0 aliphatic rings. The van der Waals surface area contributed by atoms with E-state index >= 15 is 0 Å². The Bertz CT molecular complexity index is 761. The largest absolute Gasteiger partial charge is 0.384 e. The van der Waals surface area contributed by atoms with Crippen LogP contribution in [0.1, 0.15) is 5.56 Å². The quantitative estimate of drug-likeness (QED) is 0.858. The molecule has 0 saturated carbocycles. The van der Waals surface area contributed by atoms with Gasteiger partial charge in [-0.05, 0) is 35.0 Å². The Morgan fingerprint density at radius 1 is 1.11 bits per heavy atom. The Morgan fingerprint density at radius 3 is 2.37 bits per heavy atom. The molecular formula is C13H12N2O3S. The molecule has 0 unspecified atom stereocenters. The molecule has 0 fully saturated rings. The highest BCUT2D eigenvalue weighted by atomic mass is 32.2. The molecule has 5 nitrogen and oxygen atoms in total. The highest BCUT2D eigenvalue weighted by Crippen LogP contribution is 2.23. The summed E-state index contributed by atoms with van der Waals surface area (Å²) < 4.78 is 29.2. The number of fused-ring (bicyclic) bond motifs is 1. The molecule has 0 bridgehead atoms. The van der Waals surface area contributed by atoms with Gasteiger partial charge >= 0.3 is 10.3 Å². The van der Waals surface area contributed by atoms with Crippen LogP contribution in [0.4, 0.5) is 0 Å². The van der Waals surface area contributed by atoms with Crippen LogP contribution in [0.3, 0.4) is 0 Å². The molecule has 0 amide bonds. The summed E-state index contributed by atoms with van der Waals surface area (Å²) >= 11 is 0. The van der Waals surface area contributed by atoms with Gasteiger partial charge in [0.05, 0.1) is 11.6 Å². The number of hydrogen-bond acceptors (Lipinski definition) is 4. The Morgan fingerprint density at radius 2 is 1.74 bits per heavy atom. The third-order valence-corrected chi connectivity index (χ3v) is 3.89. The second kappa shape index (κ2) is 4.88. The van der Waals surface area contributed by atoms with E-state index in [0.717, 1.165) is 15.1 Å². The fourth-order valence-corrected chi connectivity index (χ4v) is 2.04.